The number of unbranched alkanes of at least 4 members (excludes halogenated alkanes) is 3. The number of nitrogens with two attached hydrogens (primary N) is 1. The first-order valence-corrected chi connectivity index (χ1v) is 7.73. The lowest BCUT2D eigenvalue weighted by molar-refractivity contribution is 0.0947. The highest BCUT2D eigenvalue weighted by molar-refractivity contribution is 7.98. The monoisotopic (exact) mass is 283 g/mol. The van der Waals surface area contributed by atoms with Crippen molar-refractivity contribution in [2.24, 2.45) is 5.84 Å². The van der Waals surface area contributed by atoms with Gasteiger partial charge in [0, 0.05) is 6.54 Å². The normalized spacial score (nSPS) is 10.2. The van der Waals surface area contributed by atoms with Gasteiger partial charge < -0.3 is 10.7 Å². The molecule has 0 atom stereocenters. The van der Waals surface area contributed by atoms with E-state index in [1.807, 2.05) is 11.8 Å². The number of nitrogens with one attached hydrogen (secondary N) is 2. The Morgan fingerprint density at radius 3 is 2.68 bits per heavy atom. The summed E-state index contributed by atoms with van der Waals surface area (Å²) in [6.45, 7) is 0.677. The third kappa shape index (κ3) is 6.40. The highest BCUT2D eigenvalue weighted by Crippen LogP contribution is 2.04. The van der Waals surface area contributed by atoms with Crippen LogP contribution in [-0.4, -0.2) is 34.4 Å². The van der Waals surface area contributed by atoms with Crippen LogP contribution in [0.3, 0.4) is 0 Å². The first kappa shape index (κ1) is 15.7. The molecule has 0 spiro atoms. The van der Waals surface area contributed by atoms with Gasteiger partial charge in [0.25, 0.3) is 5.91 Å². The van der Waals surface area contributed by atoms with E-state index in [0.717, 1.165) is 12.8 Å². The first-order valence-electron chi connectivity index (χ1n) is 6.33. The number of anilines is 1. The van der Waals surface area contributed by atoms with Gasteiger partial charge in [0.15, 0.2) is 5.82 Å². The SMILES string of the molecule is CSCCCCCCNC(=O)c1cnc(NN)cn1. The summed E-state index contributed by atoms with van der Waals surface area (Å²) in [6.07, 6.45) is 9.55. The summed E-state index contributed by atoms with van der Waals surface area (Å²) in [4.78, 5) is 19.6. The number of nitrogen functional groups attached to an aromatic ring is 1. The molecule has 0 aromatic carbocycles. The third-order valence-electron chi connectivity index (χ3n) is 2.59. The molecule has 7 heteroatoms. The minimum atomic E-state index is -0.194. The van der Waals surface area contributed by atoms with Gasteiger partial charge in [-0.05, 0) is 24.9 Å². The van der Waals surface area contributed by atoms with Crippen LogP contribution in [0.5, 0.6) is 0 Å². The molecule has 1 aromatic heterocycles. The molecule has 0 saturated carbocycles. The van der Waals surface area contributed by atoms with Crippen molar-refractivity contribution < 1.29 is 4.79 Å². The van der Waals surface area contributed by atoms with E-state index in [9.17, 15) is 4.79 Å². The van der Waals surface area contributed by atoms with Gasteiger partial charge in [0.2, 0.25) is 0 Å². The summed E-state index contributed by atoms with van der Waals surface area (Å²) in [5, 5.41) is 2.83. The van der Waals surface area contributed by atoms with Crippen molar-refractivity contribution in [3.63, 3.8) is 0 Å². The Hall–Kier alpha value is -1.34. The lowest BCUT2D eigenvalue weighted by atomic mass is 10.2. The van der Waals surface area contributed by atoms with Crippen LogP contribution in [0, 0.1) is 0 Å². The number of rotatable bonds is 9. The van der Waals surface area contributed by atoms with Gasteiger partial charge >= 0.3 is 0 Å². The van der Waals surface area contributed by atoms with Crippen LogP contribution < -0.4 is 16.6 Å². The molecule has 0 aliphatic carbocycles. The second-order valence-electron chi connectivity index (χ2n) is 4.09. The minimum absolute atomic E-state index is 0.194. The molecule has 0 aliphatic rings. The average molecular weight is 283 g/mol. The summed E-state index contributed by atoms with van der Waals surface area (Å²) in [6, 6.07) is 0. The smallest absolute Gasteiger partial charge is 0.271 e. The van der Waals surface area contributed by atoms with Crippen LogP contribution in [0.25, 0.3) is 0 Å². The third-order valence-corrected chi connectivity index (χ3v) is 3.29. The van der Waals surface area contributed by atoms with Gasteiger partial charge in [0.1, 0.15) is 5.69 Å². The van der Waals surface area contributed by atoms with Crippen molar-refractivity contribution in [3.8, 4) is 0 Å². The number of hydrogen-bond donors (Lipinski definition) is 3. The molecule has 0 aliphatic heterocycles. The maximum absolute atomic E-state index is 11.7. The zero-order chi connectivity index (χ0) is 13.9. The van der Waals surface area contributed by atoms with Gasteiger partial charge in [-0.25, -0.2) is 15.8 Å². The molecule has 0 fully saturated rings. The Morgan fingerprint density at radius 1 is 1.26 bits per heavy atom. The molecule has 6 nitrogen and oxygen atoms in total. The van der Waals surface area contributed by atoms with Crippen molar-refractivity contribution in [1.29, 1.82) is 0 Å². The van der Waals surface area contributed by atoms with Crippen molar-refractivity contribution in [1.82, 2.24) is 15.3 Å². The number of hydrogen-bond acceptors (Lipinski definition) is 6. The van der Waals surface area contributed by atoms with Crippen LogP contribution in [-0.2, 0) is 0 Å². The van der Waals surface area contributed by atoms with Gasteiger partial charge in [-0.1, -0.05) is 12.8 Å². The molecular formula is C12H21N5OS. The predicted molar refractivity (Wildman–Crippen MR) is 79.0 cm³/mol. The molecule has 0 bridgehead atoms. The summed E-state index contributed by atoms with van der Waals surface area (Å²) < 4.78 is 0. The Morgan fingerprint density at radius 2 is 2.05 bits per heavy atom. The number of amides is 1. The van der Waals surface area contributed by atoms with E-state index in [1.165, 1.54) is 31.0 Å². The number of aromatic nitrogens is 2. The molecule has 0 radical (unpaired) electrons. The van der Waals surface area contributed by atoms with Crippen molar-refractivity contribution in [3.05, 3.63) is 18.1 Å². The minimum Gasteiger partial charge on any atom is -0.351 e. The van der Waals surface area contributed by atoms with Gasteiger partial charge in [-0.3, -0.25) is 4.79 Å². The van der Waals surface area contributed by atoms with Gasteiger partial charge in [-0.15, -0.1) is 0 Å². The maximum atomic E-state index is 11.7. The zero-order valence-corrected chi connectivity index (χ0v) is 12.0. The summed E-state index contributed by atoms with van der Waals surface area (Å²) in [5.74, 6) is 6.62. The molecular weight excluding hydrogens is 262 g/mol. The first-order chi connectivity index (χ1) is 9.27. The molecule has 106 valence electrons. The summed E-state index contributed by atoms with van der Waals surface area (Å²) in [5.41, 5.74) is 2.67. The van der Waals surface area contributed by atoms with Crippen LogP contribution in [0.1, 0.15) is 36.2 Å². The second-order valence-corrected chi connectivity index (χ2v) is 5.08. The molecule has 1 amide bonds. The Kier molecular flexibility index (Phi) is 7.92. The summed E-state index contributed by atoms with van der Waals surface area (Å²) >= 11 is 1.87. The van der Waals surface area contributed by atoms with E-state index >= 15 is 0 Å². The van der Waals surface area contributed by atoms with E-state index in [4.69, 9.17) is 5.84 Å². The predicted octanol–water partition coefficient (Wildman–Crippen LogP) is 1.42. The number of carbonyl (C=O) groups is 1. The van der Waals surface area contributed by atoms with E-state index < -0.39 is 0 Å². The molecule has 1 aromatic rings. The Bertz CT molecular complexity index is 371. The van der Waals surface area contributed by atoms with Crippen molar-refractivity contribution in [2.75, 3.05) is 24.0 Å². The molecule has 19 heavy (non-hydrogen) atoms. The molecule has 0 unspecified atom stereocenters. The lowest BCUT2D eigenvalue weighted by Gasteiger charge is -2.05. The van der Waals surface area contributed by atoms with Crippen molar-refractivity contribution >= 4 is 23.5 Å². The highest BCUT2D eigenvalue weighted by Gasteiger charge is 2.06. The van der Waals surface area contributed by atoms with Crippen LogP contribution in [0.4, 0.5) is 5.82 Å². The van der Waals surface area contributed by atoms with E-state index in [-0.39, 0.29) is 5.91 Å². The van der Waals surface area contributed by atoms with E-state index in [2.05, 4.69) is 27.0 Å². The Labute approximate surface area is 117 Å². The van der Waals surface area contributed by atoms with Gasteiger partial charge in [-0.2, -0.15) is 11.8 Å². The van der Waals surface area contributed by atoms with Crippen LogP contribution in [0.15, 0.2) is 12.4 Å². The number of thioether (sulfide) groups is 1. The molecule has 4 N–H and O–H groups in total. The lowest BCUT2D eigenvalue weighted by Crippen LogP contribution is -2.25. The topological polar surface area (TPSA) is 92.9 Å². The standard InChI is InChI=1S/C12H21N5OS/c1-19-7-5-3-2-4-6-14-12(18)10-8-16-11(17-13)9-15-10/h8-9H,2-7,13H2,1H3,(H,14,18)(H,16,17). The average Bonchev–Trinajstić information content (AvgIpc) is 2.46. The maximum Gasteiger partial charge on any atom is 0.271 e. The van der Waals surface area contributed by atoms with E-state index in [1.54, 1.807) is 0 Å². The largest absolute Gasteiger partial charge is 0.351 e. The number of carbonyl (C=O) groups excluding carboxylic acids is 1. The Balaban J connectivity index is 2.16. The summed E-state index contributed by atoms with van der Waals surface area (Å²) in [7, 11) is 0. The fourth-order valence-corrected chi connectivity index (χ4v) is 2.03. The second kappa shape index (κ2) is 9.57. The quantitative estimate of drug-likeness (QED) is 0.360. The zero-order valence-electron chi connectivity index (χ0n) is 11.2. The van der Waals surface area contributed by atoms with Crippen molar-refractivity contribution in [2.45, 2.75) is 25.7 Å². The highest BCUT2D eigenvalue weighted by atomic mass is 32.2. The number of hydrazine groups is 1. The van der Waals surface area contributed by atoms with Crippen LogP contribution in [0.2, 0.25) is 0 Å². The van der Waals surface area contributed by atoms with Gasteiger partial charge in [0.05, 0.1) is 12.4 Å². The fraction of sp³-hybridized carbons (Fsp3) is 0.583. The molecule has 0 saturated heterocycles. The molecule has 1 rings (SSSR count). The van der Waals surface area contributed by atoms with Crippen LogP contribution >= 0.6 is 11.8 Å². The molecule has 1 heterocycles. The van der Waals surface area contributed by atoms with E-state index in [0.29, 0.717) is 18.1 Å². The number of nitrogens with zero attached hydrogens (tertiary/aromatic N) is 2. The fourth-order valence-electron chi connectivity index (χ4n) is 1.54.